The Labute approximate surface area is 411 Å². The molecule has 70 heavy (non-hydrogen) atoms. The van der Waals surface area contributed by atoms with E-state index < -0.39 is 0 Å². The van der Waals surface area contributed by atoms with Gasteiger partial charge >= 0.3 is 0 Å². The molecule has 0 radical (unpaired) electrons. The van der Waals surface area contributed by atoms with Gasteiger partial charge in [-0.2, -0.15) is 0 Å². The van der Waals surface area contributed by atoms with E-state index in [-0.39, 0.29) is 6.04 Å². The number of aryl methyl sites for hydroxylation is 1. The van der Waals surface area contributed by atoms with Gasteiger partial charge in [0.15, 0.2) is 0 Å². The molecule has 2 aliphatic rings. The summed E-state index contributed by atoms with van der Waals surface area (Å²) in [5.74, 6) is 0. The average molecular weight is 903 g/mol. The molecule has 12 rings (SSSR count). The molecular weight excluding hydrogens is 849 g/mol. The molecule has 2 aromatic heterocycles. The number of para-hydroxylation sites is 2. The lowest BCUT2D eigenvalue weighted by Crippen LogP contribution is -2.30. The van der Waals surface area contributed by atoms with E-state index in [2.05, 4.69) is 258 Å². The summed E-state index contributed by atoms with van der Waals surface area (Å²) in [6.45, 7) is 12.7. The number of nitrogens with zero attached hydrogens (tertiary/aromatic N) is 4. The molecular formula is C66H54N4. The lowest BCUT2D eigenvalue weighted by Gasteiger charge is -2.34. The van der Waals surface area contributed by atoms with E-state index in [4.69, 9.17) is 0 Å². The molecule has 2 aliphatic carbocycles. The summed E-state index contributed by atoms with van der Waals surface area (Å²) in [4.78, 5) is 4.91. The van der Waals surface area contributed by atoms with Crippen LogP contribution >= 0.6 is 0 Å². The maximum absolute atomic E-state index is 4.15. The second-order valence-corrected chi connectivity index (χ2v) is 18.8. The minimum atomic E-state index is 0.160. The standard InChI is InChI=1S/C66H54N4/c1-5-47-23-35-63-59(41-47)61-43-57(33-37-65(61)69(63)51-17-9-7-10-18-51)67(55-21-13-15-45(3)39-55)53-29-25-49(26-30-53)50-27-31-54(32-28-50)68(56-22-14-16-46(4)40-56)58-34-38-66-62(44-58)60-42-48(6-2)24-36-64(60)70(66)52-19-11-8-12-20-52/h5-23,25-35,37-38,40-44,55H,1-2,24,36,39H2,3-4H3. The van der Waals surface area contributed by atoms with Gasteiger partial charge in [0.25, 0.3) is 0 Å². The second-order valence-electron chi connectivity index (χ2n) is 18.8. The van der Waals surface area contributed by atoms with Crippen molar-refractivity contribution in [1.29, 1.82) is 0 Å². The molecule has 0 spiro atoms. The van der Waals surface area contributed by atoms with Gasteiger partial charge in [-0.25, -0.2) is 0 Å². The molecule has 0 saturated carbocycles. The molecule has 2 heterocycles. The van der Waals surface area contributed by atoms with Crippen LogP contribution in [-0.4, -0.2) is 15.2 Å². The van der Waals surface area contributed by atoms with E-state index in [0.717, 1.165) is 59.0 Å². The van der Waals surface area contributed by atoms with Gasteiger partial charge in [-0.3, -0.25) is 0 Å². The van der Waals surface area contributed by atoms with E-state index in [9.17, 15) is 0 Å². The Kier molecular flexibility index (Phi) is 10.9. The summed E-state index contributed by atoms with van der Waals surface area (Å²) in [7, 11) is 0. The number of fused-ring (bicyclic) bond motifs is 6. The van der Waals surface area contributed by atoms with E-state index in [1.807, 2.05) is 12.2 Å². The van der Waals surface area contributed by atoms with Crippen molar-refractivity contribution in [2.45, 2.75) is 39.2 Å². The molecule has 0 saturated heterocycles. The van der Waals surface area contributed by atoms with E-state index in [1.165, 1.54) is 77.5 Å². The van der Waals surface area contributed by atoms with Crippen molar-refractivity contribution in [3.63, 3.8) is 0 Å². The van der Waals surface area contributed by atoms with Gasteiger partial charge in [-0.05, 0) is 176 Å². The summed E-state index contributed by atoms with van der Waals surface area (Å²) in [6.07, 6.45) is 16.0. The Bertz CT molecular complexity index is 3730. The second kappa shape index (κ2) is 17.8. The normalized spacial score (nSPS) is 14.3. The Morgan fingerprint density at radius 1 is 0.514 bits per heavy atom. The Hall–Kier alpha value is -8.60. The molecule has 0 aliphatic heterocycles. The first-order valence-corrected chi connectivity index (χ1v) is 24.4. The van der Waals surface area contributed by atoms with Crippen molar-refractivity contribution in [3.8, 4) is 22.5 Å². The number of rotatable bonds is 11. The summed E-state index contributed by atoms with van der Waals surface area (Å²) in [5.41, 5.74) is 21.5. The van der Waals surface area contributed by atoms with Crippen LogP contribution in [0.15, 0.2) is 237 Å². The number of benzene rings is 8. The molecule has 0 fully saturated rings. The molecule has 0 amide bonds. The maximum Gasteiger partial charge on any atom is 0.0562 e. The van der Waals surface area contributed by atoms with Gasteiger partial charge in [0.1, 0.15) is 0 Å². The Morgan fingerprint density at radius 2 is 1.11 bits per heavy atom. The molecule has 0 N–H and O–H groups in total. The zero-order chi connectivity index (χ0) is 47.3. The van der Waals surface area contributed by atoms with Crippen LogP contribution in [0.1, 0.15) is 42.1 Å². The molecule has 1 unspecified atom stereocenters. The Balaban J connectivity index is 0.914. The predicted molar refractivity (Wildman–Crippen MR) is 299 cm³/mol. The molecule has 10 aromatic rings. The van der Waals surface area contributed by atoms with Gasteiger partial charge in [-0.15, -0.1) is 0 Å². The first-order chi connectivity index (χ1) is 34.4. The van der Waals surface area contributed by atoms with Crippen LogP contribution in [0.3, 0.4) is 0 Å². The van der Waals surface area contributed by atoms with E-state index in [0.29, 0.717) is 0 Å². The third kappa shape index (κ3) is 7.59. The van der Waals surface area contributed by atoms with Crippen molar-refractivity contribution in [2.24, 2.45) is 0 Å². The summed E-state index contributed by atoms with van der Waals surface area (Å²) >= 11 is 0. The van der Waals surface area contributed by atoms with Crippen molar-refractivity contribution in [3.05, 3.63) is 259 Å². The van der Waals surface area contributed by atoms with E-state index in [1.54, 1.807) is 0 Å². The highest BCUT2D eigenvalue weighted by atomic mass is 15.2. The third-order valence-electron chi connectivity index (χ3n) is 14.3. The van der Waals surface area contributed by atoms with Crippen LogP contribution < -0.4 is 9.80 Å². The van der Waals surface area contributed by atoms with Crippen LogP contribution in [-0.2, 0) is 6.42 Å². The van der Waals surface area contributed by atoms with Crippen molar-refractivity contribution in [2.75, 3.05) is 9.80 Å². The number of anilines is 5. The topological polar surface area (TPSA) is 16.3 Å². The average Bonchev–Trinajstić information content (AvgIpc) is 3.91. The SMILES string of the molecule is C=CC1=Cc2c(n(-c3ccccc3)c3ccc(N(c4ccc(-c5ccc(N(c6ccc7c(c6)c6cc(C=C)ccc6n7-c6ccccc6)C6C=CC=C(C)C6)cc5)cc4)c4cccc(C)c4)cc23)CC1. The van der Waals surface area contributed by atoms with Crippen LogP contribution in [0, 0.1) is 6.92 Å². The monoisotopic (exact) mass is 902 g/mol. The van der Waals surface area contributed by atoms with Gasteiger partial charge in [0.2, 0.25) is 0 Å². The van der Waals surface area contributed by atoms with E-state index >= 15 is 0 Å². The fraction of sp³-hybridized carbons (Fsp3) is 0.0909. The van der Waals surface area contributed by atoms with Crippen LogP contribution in [0.5, 0.6) is 0 Å². The molecule has 4 heteroatoms. The molecule has 1 atom stereocenters. The number of hydrogen-bond donors (Lipinski definition) is 0. The Morgan fingerprint density at radius 3 is 1.79 bits per heavy atom. The maximum atomic E-state index is 4.15. The van der Waals surface area contributed by atoms with Gasteiger partial charge in [0, 0.05) is 67.2 Å². The number of hydrogen-bond acceptors (Lipinski definition) is 2. The van der Waals surface area contributed by atoms with Crippen LogP contribution in [0.2, 0.25) is 0 Å². The quantitative estimate of drug-likeness (QED) is 0.129. The minimum Gasteiger partial charge on any atom is -0.334 e. The fourth-order valence-corrected chi connectivity index (χ4v) is 11.0. The van der Waals surface area contributed by atoms with Gasteiger partial charge < -0.3 is 18.9 Å². The summed E-state index contributed by atoms with van der Waals surface area (Å²) < 4.78 is 4.83. The highest BCUT2D eigenvalue weighted by Gasteiger charge is 2.25. The summed E-state index contributed by atoms with van der Waals surface area (Å²) in [6, 6.07) is 69.2. The van der Waals surface area contributed by atoms with Gasteiger partial charge in [0.05, 0.1) is 22.6 Å². The highest BCUT2D eigenvalue weighted by molar-refractivity contribution is 6.11. The first kappa shape index (κ1) is 42.7. The number of aromatic nitrogens is 2. The zero-order valence-electron chi connectivity index (χ0n) is 39.8. The molecule has 338 valence electrons. The lowest BCUT2D eigenvalue weighted by molar-refractivity contribution is 0.757. The van der Waals surface area contributed by atoms with Crippen molar-refractivity contribution < 1.29 is 0 Å². The predicted octanol–water partition coefficient (Wildman–Crippen LogP) is 17.7. The number of allylic oxidation sites excluding steroid dienone is 4. The minimum absolute atomic E-state index is 0.160. The zero-order valence-corrected chi connectivity index (χ0v) is 39.8. The lowest BCUT2D eigenvalue weighted by atomic mass is 9.95. The third-order valence-corrected chi connectivity index (χ3v) is 14.3. The highest BCUT2D eigenvalue weighted by Crippen LogP contribution is 2.43. The molecule has 4 nitrogen and oxygen atoms in total. The van der Waals surface area contributed by atoms with Gasteiger partial charge in [-0.1, -0.05) is 128 Å². The van der Waals surface area contributed by atoms with Crippen molar-refractivity contribution >= 4 is 73.3 Å². The van der Waals surface area contributed by atoms with Crippen LogP contribution in [0.4, 0.5) is 28.4 Å². The molecule has 0 bridgehead atoms. The first-order valence-electron chi connectivity index (χ1n) is 24.4. The van der Waals surface area contributed by atoms with Crippen LogP contribution in [0.25, 0.3) is 67.4 Å². The largest absolute Gasteiger partial charge is 0.334 e. The summed E-state index contributed by atoms with van der Waals surface area (Å²) in [5, 5.41) is 3.68. The molecule has 8 aromatic carbocycles. The fourth-order valence-electron chi connectivity index (χ4n) is 11.0. The smallest absolute Gasteiger partial charge is 0.0562 e. The van der Waals surface area contributed by atoms with Crippen molar-refractivity contribution in [1.82, 2.24) is 9.13 Å².